The first kappa shape index (κ1) is 12.9. The van der Waals surface area contributed by atoms with Crippen LogP contribution in [0.3, 0.4) is 0 Å². The van der Waals surface area contributed by atoms with E-state index >= 15 is 0 Å². The van der Waals surface area contributed by atoms with Gasteiger partial charge in [0, 0.05) is 0 Å². The third kappa shape index (κ3) is 2.97. The molecule has 0 radical (unpaired) electrons. The quantitative estimate of drug-likeness (QED) is 0.412. The minimum atomic E-state index is -5.92. The first-order valence-electron chi connectivity index (χ1n) is 3.46. The highest BCUT2D eigenvalue weighted by Gasteiger charge is 2.64. The molecule has 0 rings (SSSR count). The molecule has 0 aliphatic heterocycles. The average molecular weight is 218 g/mol. The first-order valence-corrected chi connectivity index (χ1v) is 3.46. The van der Waals surface area contributed by atoms with Gasteiger partial charge in [-0.3, -0.25) is 0 Å². The summed E-state index contributed by atoms with van der Waals surface area (Å²) in [5, 5.41) is 0. The summed E-state index contributed by atoms with van der Waals surface area (Å²) in [6.07, 6.45) is -3.44. The highest BCUT2D eigenvalue weighted by molar-refractivity contribution is 5.78. The number of rotatable bonds is 3. The fourth-order valence-electron chi connectivity index (χ4n) is 0.426. The topological polar surface area (TPSA) is 26.3 Å². The van der Waals surface area contributed by atoms with E-state index in [1.165, 1.54) is 13.0 Å². The summed E-state index contributed by atoms with van der Waals surface area (Å²) >= 11 is 0. The minimum Gasteiger partial charge on any atom is -0.457 e. The predicted molar refractivity (Wildman–Crippen MR) is 36.8 cm³/mol. The second-order valence-corrected chi connectivity index (χ2v) is 2.24. The molecular weight excluding hydrogens is 211 g/mol. The van der Waals surface area contributed by atoms with E-state index in [-0.39, 0.29) is 0 Å². The second-order valence-electron chi connectivity index (χ2n) is 2.24. The van der Waals surface area contributed by atoms with Crippen LogP contribution in [-0.2, 0) is 9.53 Å². The molecule has 0 aliphatic rings. The molecule has 0 saturated carbocycles. The van der Waals surface area contributed by atoms with Crippen molar-refractivity contribution in [3.8, 4) is 0 Å². The molecule has 0 atom stereocenters. The monoisotopic (exact) mass is 218 g/mol. The van der Waals surface area contributed by atoms with Crippen molar-refractivity contribution in [2.75, 3.05) is 6.61 Å². The molecule has 0 spiro atoms. The van der Waals surface area contributed by atoms with Crippen LogP contribution in [0.2, 0.25) is 0 Å². The summed E-state index contributed by atoms with van der Waals surface area (Å²) in [6.45, 7) is 0.886. The van der Waals surface area contributed by atoms with Gasteiger partial charge in [-0.15, -0.1) is 0 Å². The van der Waals surface area contributed by atoms with E-state index in [1.54, 1.807) is 0 Å². The molecular formula is C7H7F5O2. The van der Waals surface area contributed by atoms with Gasteiger partial charge in [0.1, 0.15) is 6.61 Å². The van der Waals surface area contributed by atoms with Gasteiger partial charge >= 0.3 is 18.1 Å². The van der Waals surface area contributed by atoms with Crippen molar-refractivity contribution in [3.05, 3.63) is 12.2 Å². The zero-order chi connectivity index (χ0) is 11.4. The summed E-state index contributed by atoms with van der Waals surface area (Å²) in [4.78, 5) is 10.3. The van der Waals surface area contributed by atoms with Crippen LogP contribution < -0.4 is 0 Å². The van der Waals surface area contributed by atoms with Crippen LogP contribution in [0.4, 0.5) is 22.0 Å². The van der Waals surface area contributed by atoms with Gasteiger partial charge in [-0.05, 0) is 6.92 Å². The summed E-state index contributed by atoms with van der Waals surface area (Å²) < 4.78 is 62.5. The van der Waals surface area contributed by atoms with Crippen molar-refractivity contribution >= 4 is 5.97 Å². The van der Waals surface area contributed by atoms with Crippen LogP contribution in [0.5, 0.6) is 0 Å². The van der Waals surface area contributed by atoms with Crippen molar-refractivity contribution in [2.24, 2.45) is 0 Å². The summed E-state index contributed by atoms with van der Waals surface area (Å²) in [5.74, 6) is -8.04. The number of ether oxygens (including phenoxy) is 1. The number of halogens is 5. The Morgan fingerprint density at radius 1 is 1.29 bits per heavy atom. The Morgan fingerprint density at radius 2 is 1.79 bits per heavy atom. The standard InChI is InChI=1S/C7H7F5O2/c1-2-3-4-14-5(13)6(8,9)7(10,11)12/h2-3H,4H2,1H3/b3-2+. The highest BCUT2D eigenvalue weighted by Crippen LogP contribution is 2.36. The van der Waals surface area contributed by atoms with E-state index < -0.39 is 24.7 Å². The Hall–Kier alpha value is -1.14. The number of allylic oxidation sites excluding steroid dienone is 1. The number of alkyl halides is 5. The lowest BCUT2D eigenvalue weighted by atomic mass is 10.3. The van der Waals surface area contributed by atoms with Crippen LogP contribution in [0.1, 0.15) is 6.92 Å². The number of carbonyl (C=O) groups excluding carboxylic acids is 1. The predicted octanol–water partition coefficient (Wildman–Crippen LogP) is 2.30. The Kier molecular flexibility index (Phi) is 4.03. The van der Waals surface area contributed by atoms with Crippen LogP contribution >= 0.6 is 0 Å². The largest absolute Gasteiger partial charge is 0.465 e. The second kappa shape index (κ2) is 4.39. The number of esters is 1. The molecule has 0 amide bonds. The van der Waals surface area contributed by atoms with Crippen LogP contribution in [0.15, 0.2) is 12.2 Å². The van der Waals surface area contributed by atoms with E-state index in [0.717, 1.165) is 6.08 Å². The zero-order valence-corrected chi connectivity index (χ0v) is 7.07. The fraction of sp³-hybridized carbons (Fsp3) is 0.571. The van der Waals surface area contributed by atoms with Gasteiger partial charge < -0.3 is 4.74 Å². The third-order valence-electron chi connectivity index (χ3n) is 1.16. The molecule has 0 aliphatic carbocycles. The molecule has 2 nitrogen and oxygen atoms in total. The highest BCUT2D eigenvalue weighted by atomic mass is 19.4. The maximum atomic E-state index is 12.1. The van der Waals surface area contributed by atoms with Crippen LogP contribution in [-0.4, -0.2) is 24.7 Å². The molecule has 0 fully saturated rings. The lowest BCUT2D eigenvalue weighted by Crippen LogP contribution is -2.45. The Morgan fingerprint density at radius 3 is 2.14 bits per heavy atom. The lowest BCUT2D eigenvalue weighted by Gasteiger charge is -2.16. The molecule has 14 heavy (non-hydrogen) atoms. The SMILES string of the molecule is C/C=C/COC(=O)C(F)(F)C(F)(F)F. The molecule has 0 aromatic carbocycles. The first-order chi connectivity index (χ1) is 6.23. The van der Waals surface area contributed by atoms with Crippen molar-refractivity contribution < 1.29 is 31.5 Å². The lowest BCUT2D eigenvalue weighted by molar-refractivity contribution is -0.280. The Balaban J connectivity index is 4.37. The molecule has 82 valence electrons. The van der Waals surface area contributed by atoms with Gasteiger partial charge in [-0.1, -0.05) is 12.2 Å². The molecule has 0 aromatic heterocycles. The summed E-state index contributed by atoms with van der Waals surface area (Å²) in [7, 11) is 0. The molecule has 0 unspecified atom stereocenters. The van der Waals surface area contributed by atoms with E-state index in [9.17, 15) is 26.7 Å². The van der Waals surface area contributed by atoms with Crippen molar-refractivity contribution in [2.45, 2.75) is 19.0 Å². The third-order valence-corrected chi connectivity index (χ3v) is 1.16. The molecule has 0 heterocycles. The van der Waals surface area contributed by atoms with Crippen LogP contribution in [0, 0.1) is 0 Å². The molecule has 7 heteroatoms. The molecule has 0 N–H and O–H groups in total. The average Bonchev–Trinajstić information content (AvgIpc) is 2.02. The number of carbonyl (C=O) groups is 1. The fourth-order valence-corrected chi connectivity index (χ4v) is 0.426. The normalized spacial score (nSPS) is 13.3. The molecule has 0 aromatic rings. The van der Waals surface area contributed by atoms with Gasteiger partial charge in [0.25, 0.3) is 0 Å². The minimum absolute atomic E-state index is 0.610. The van der Waals surface area contributed by atoms with E-state index in [4.69, 9.17) is 0 Å². The van der Waals surface area contributed by atoms with Gasteiger partial charge in [0.2, 0.25) is 0 Å². The number of hydrogen-bond donors (Lipinski definition) is 0. The Labute approximate surface area is 76.3 Å². The molecule has 0 saturated heterocycles. The maximum absolute atomic E-state index is 12.1. The smallest absolute Gasteiger partial charge is 0.457 e. The van der Waals surface area contributed by atoms with E-state index in [2.05, 4.69) is 4.74 Å². The Bertz CT molecular complexity index is 231. The van der Waals surface area contributed by atoms with Crippen LogP contribution in [0.25, 0.3) is 0 Å². The van der Waals surface area contributed by atoms with Crippen molar-refractivity contribution in [1.29, 1.82) is 0 Å². The maximum Gasteiger partial charge on any atom is 0.465 e. The van der Waals surface area contributed by atoms with E-state index in [1.807, 2.05) is 0 Å². The summed E-state index contributed by atoms with van der Waals surface area (Å²) in [6, 6.07) is 0. The van der Waals surface area contributed by atoms with Crippen molar-refractivity contribution in [3.63, 3.8) is 0 Å². The van der Waals surface area contributed by atoms with Gasteiger partial charge in [-0.25, -0.2) is 4.79 Å². The van der Waals surface area contributed by atoms with E-state index in [0.29, 0.717) is 0 Å². The summed E-state index contributed by atoms with van der Waals surface area (Å²) in [5.41, 5.74) is 0. The molecule has 0 bridgehead atoms. The van der Waals surface area contributed by atoms with Gasteiger partial charge in [0.05, 0.1) is 0 Å². The zero-order valence-electron chi connectivity index (χ0n) is 7.07. The van der Waals surface area contributed by atoms with Gasteiger partial charge in [0.15, 0.2) is 0 Å². The van der Waals surface area contributed by atoms with Gasteiger partial charge in [-0.2, -0.15) is 22.0 Å². The number of hydrogen-bond acceptors (Lipinski definition) is 2. The van der Waals surface area contributed by atoms with Crippen molar-refractivity contribution in [1.82, 2.24) is 0 Å².